The summed E-state index contributed by atoms with van der Waals surface area (Å²) in [4.78, 5) is 2.24. The molecule has 5 rings (SSSR count). The lowest BCUT2D eigenvalue weighted by molar-refractivity contribution is 0.353. The molecule has 3 aromatic rings. The van der Waals surface area contributed by atoms with Gasteiger partial charge < -0.3 is 20.4 Å². The van der Waals surface area contributed by atoms with E-state index < -0.39 is 0 Å². The number of benzene rings is 2. The number of hydrogen-bond donors (Lipinski definition) is 3. The number of hydrogen-bond acceptors (Lipinski definition) is 6. The normalized spacial score (nSPS) is 23.8. The molecule has 1 aromatic heterocycles. The fraction of sp³-hybridized carbons (Fsp3) is 0.364. The molecule has 0 amide bonds. The van der Waals surface area contributed by atoms with Gasteiger partial charge in [-0.1, -0.05) is 6.07 Å². The highest BCUT2D eigenvalue weighted by Crippen LogP contribution is 2.34. The molecule has 2 aliphatic heterocycles. The lowest BCUT2D eigenvalue weighted by atomic mass is 9.98. The lowest BCUT2D eigenvalue weighted by Gasteiger charge is -2.36. The van der Waals surface area contributed by atoms with Crippen LogP contribution >= 0.6 is 0 Å². The lowest BCUT2D eigenvalue weighted by Crippen LogP contribution is -2.47. The molecule has 2 saturated heterocycles. The summed E-state index contributed by atoms with van der Waals surface area (Å²) >= 11 is 0. The molecular formula is C22H24N4O2. The standard InChI is InChI=1S/C22H24N4O2/c1-26(17-11-15-3-4-16(12-17)23-15)22-7-6-20(24-25-22)19-9-13-2-5-18(27)8-14(13)10-21(19)28/h2,5-10,15-17,23,27-28H,3-4,11-12H2,1H3/t15-,16+,17?. The quantitative estimate of drug-likeness (QED) is 0.650. The fourth-order valence-electron chi connectivity index (χ4n) is 4.67. The number of anilines is 1. The molecular weight excluding hydrogens is 352 g/mol. The minimum absolute atomic E-state index is 0.128. The molecule has 6 nitrogen and oxygen atoms in total. The Hall–Kier alpha value is -2.86. The molecule has 144 valence electrons. The van der Waals surface area contributed by atoms with Gasteiger partial charge in [-0.15, -0.1) is 10.2 Å². The zero-order valence-corrected chi connectivity index (χ0v) is 15.8. The van der Waals surface area contributed by atoms with E-state index in [0.717, 1.165) is 29.4 Å². The van der Waals surface area contributed by atoms with Crippen molar-refractivity contribution in [2.75, 3.05) is 11.9 Å². The van der Waals surface area contributed by atoms with E-state index >= 15 is 0 Å². The first-order valence-electron chi connectivity index (χ1n) is 9.85. The first kappa shape index (κ1) is 17.3. The Kier molecular flexibility index (Phi) is 4.09. The van der Waals surface area contributed by atoms with Crippen LogP contribution in [0.5, 0.6) is 11.5 Å². The number of piperidine rings is 1. The maximum Gasteiger partial charge on any atom is 0.151 e. The molecule has 3 heterocycles. The van der Waals surface area contributed by atoms with Crippen molar-refractivity contribution < 1.29 is 10.2 Å². The fourth-order valence-corrected chi connectivity index (χ4v) is 4.67. The van der Waals surface area contributed by atoms with Crippen LogP contribution in [0.25, 0.3) is 22.0 Å². The summed E-state index contributed by atoms with van der Waals surface area (Å²) in [7, 11) is 2.10. The van der Waals surface area contributed by atoms with Crippen molar-refractivity contribution in [3.63, 3.8) is 0 Å². The second-order valence-corrected chi connectivity index (χ2v) is 8.05. The van der Waals surface area contributed by atoms with Crippen LogP contribution in [-0.4, -0.2) is 45.6 Å². The van der Waals surface area contributed by atoms with Gasteiger partial charge in [-0.2, -0.15) is 0 Å². The summed E-state index contributed by atoms with van der Waals surface area (Å²) in [6.45, 7) is 0. The molecule has 2 aromatic carbocycles. The first-order chi connectivity index (χ1) is 13.6. The van der Waals surface area contributed by atoms with E-state index in [1.165, 1.54) is 12.8 Å². The summed E-state index contributed by atoms with van der Waals surface area (Å²) in [5.74, 6) is 1.17. The van der Waals surface area contributed by atoms with Crippen LogP contribution in [0.15, 0.2) is 42.5 Å². The number of fused-ring (bicyclic) bond motifs is 3. The predicted molar refractivity (Wildman–Crippen MR) is 110 cm³/mol. The number of nitrogens with one attached hydrogen (secondary N) is 1. The van der Waals surface area contributed by atoms with E-state index in [9.17, 15) is 10.2 Å². The number of phenols is 2. The minimum Gasteiger partial charge on any atom is -0.508 e. The van der Waals surface area contributed by atoms with Gasteiger partial charge in [0.25, 0.3) is 0 Å². The molecule has 0 aliphatic carbocycles. The Morgan fingerprint density at radius 1 is 0.929 bits per heavy atom. The van der Waals surface area contributed by atoms with Crippen LogP contribution in [0.2, 0.25) is 0 Å². The number of rotatable bonds is 3. The SMILES string of the molecule is CN(c1ccc(-c2cc3ccc(O)cc3cc2O)nn1)C1C[C@H]2CC[C@@H](C1)N2. The van der Waals surface area contributed by atoms with Crippen molar-refractivity contribution in [2.24, 2.45) is 0 Å². The third kappa shape index (κ3) is 3.03. The van der Waals surface area contributed by atoms with E-state index in [1.54, 1.807) is 18.2 Å². The van der Waals surface area contributed by atoms with Crippen LogP contribution in [0.3, 0.4) is 0 Å². The molecule has 2 fully saturated rings. The molecule has 28 heavy (non-hydrogen) atoms. The summed E-state index contributed by atoms with van der Waals surface area (Å²) in [5, 5.41) is 34.3. The minimum atomic E-state index is 0.128. The Morgan fingerprint density at radius 3 is 2.43 bits per heavy atom. The molecule has 0 saturated carbocycles. The Balaban J connectivity index is 1.41. The van der Waals surface area contributed by atoms with Crippen molar-refractivity contribution in [3.8, 4) is 22.8 Å². The molecule has 2 aliphatic rings. The van der Waals surface area contributed by atoms with Gasteiger partial charge >= 0.3 is 0 Å². The first-order valence-corrected chi connectivity index (χ1v) is 9.85. The van der Waals surface area contributed by atoms with Crippen LogP contribution in [0, 0.1) is 0 Å². The van der Waals surface area contributed by atoms with Gasteiger partial charge in [0.05, 0.1) is 5.69 Å². The van der Waals surface area contributed by atoms with Gasteiger partial charge in [0.1, 0.15) is 11.5 Å². The molecule has 0 spiro atoms. The highest BCUT2D eigenvalue weighted by Gasteiger charge is 2.35. The molecule has 6 heteroatoms. The van der Waals surface area contributed by atoms with Gasteiger partial charge in [0.2, 0.25) is 0 Å². The van der Waals surface area contributed by atoms with Gasteiger partial charge in [-0.05, 0) is 72.9 Å². The molecule has 2 bridgehead atoms. The third-order valence-corrected chi connectivity index (χ3v) is 6.22. The van der Waals surface area contributed by atoms with Crippen LogP contribution in [0.4, 0.5) is 5.82 Å². The molecule has 1 unspecified atom stereocenters. The monoisotopic (exact) mass is 376 g/mol. The molecule has 0 radical (unpaired) electrons. The third-order valence-electron chi connectivity index (χ3n) is 6.22. The number of nitrogens with zero attached hydrogens (tertiary/aromatic N) is 3. The van der Waals surface area contributed by atoms with Crippen molar-refractivity contribution in [1.82, 2.24) is 15.5 Å². The number of phenolic OH excluding ortho intramolecular Hbond substituents is 2. The van der Waals surface area contributed by atoms with Crippen LogP contribution in [-0.2, 0) is 0 Å². The second-order valence-electron chi connectivity index (χ2n) is 8.05. The summed E-state index contributed by atoms with van der Waals surface area (Å²) in [6.07, 6.45) is 4.85. The zero-order valence-electron chi connectivity index (χ0n) is 15.8. The Labute approximate surface area is 163 Å². The van der Waals surface area contributed by atoms with Crippen molar-refractivity contribution in [2.45, 2.75) is 43.8 Å². The number of aromatic nitrogens is 2. The number of aromatic hydroxyl groups is 2. The van der Waals surface area contributed by atoms with E-state index in [4.69, 9.17) is 0 Å². The average Bonchev–Trinajstić information content (AvgIpc) is 3.04. The van der Waals surface area contributed by atoms with Gasteiger partial charge in [0.15, 0.2) is 5.82 Å². The highest BCUT2D eigenvalue weighted by atomic mass is 16.3. The Morgan fingerprint density at radius 2 is 1.71 bits per heavy atom. The van der Waals surface area contributed by atoms with Gasteiger partial charge in [-0.3, -0.25) is 0 Å². The average molecular weight is 376 g/mol. The highest BCUT2D eigenvalue weighted by molar-refractivity contribution is 5.90. The smallest absolute Gasteiger partial charge is 0.151 e. The molecule has 3 N–H and O–H groups in total. The largest absolute Gasteiger partial charge is 0.508 e. The maximum absolute atomic E-state index is 10.4. The van der Waals surface area contributed by atoms with Gasteiger partial charge in [0, 0.05) is 30.7 Å². The zero-order chi connectivity index (χ0) is 19.3. The van der Waals surface area contributed by atoms with E-state index in [0.29, 0.717) is 29.4 Å². The van der Waals surface area contributed by atoms with Crippen molar-refractivity contribution in [1.29, 1.82) is 0 Å². The topological polar surface area (TPSA) is 81.5 Å². The van der Waals surface area contributed by atoms with Crippen molar-refractivity contribution >= 4 is 16.6 Å². The maximum atomic E-state index is 10.4. The van der Waals surface area contributed by atoms with Gasteiger partial charge in [-0.25, -0.2) is 0 Å². The van der Waals surface area contributed by atoms with E-state index in [-0.39, 0.29) is 11.5 Å². The second kappa shape index (κ2) is 6.63. The van der Waals surface area contributed by atoms with Crippen LogP contribution < -0.4 is 10.2 Å². The van der Waals surface area contributed by atoms with E-state index in [2.05, 4.69) is 27.5 Å². The van der Waals surface area contributed by atoms with E-state index in [1.807, 2.05) is 24.3 Å². The van der Waals surface area contributed by atoms with Crippen molar-refractivity contribution in [3.05, 3.63) is 42.5 Å². The summed E-state index contributed by atoms with van der Waals surface area (Å²) in [5.41, 5.74) is 1.27. The predicted octanol–water partition coefficient (Wildman–Crippen LogP) is 3.43. The van der Waals surface area contributed by atoms with Crippen LogP contribution in [0.1, 0.15) is 25.7 Å². The summed E-state index contributed by atoms with van der Waals surface area (Å²) < 4.78 is 0. The Bertz CT molecular complexity index is 1010. The summed E-state index contributed by atoms with van der Waals surface area (Å²) in [6, 6.07) is 14.3. The molecule has 3 atom stereocenters.